The lowest BCUT2D eigenvalue weighted by atomic mass is 10.1. The summed E-state index contributed by atoms with van der Waals surface area (Å²) in [6, 6.07) is 18.6. The van der Waals surface area contributed by atoms with Gasteiger partial charge in [-0.25, -0.2) is 8.42 Å². The predicted octanol–water partition coefficient (Wildman–Crippen LogP) is 2.31. The van der Waals surface area contributed by atoms with E-state index in [4.69, 9.17) is 0 Å². The van der Waals surface area contributed by atoms with Crippen molar-refractivity contribution in [3.05, 3.63) is 71.8 Å². The summed E-state index contributed by atoms with van der Waals surface area (Å²) in [6.45, 7) is 0. The molecule has 1 aliphatic rings. The molecule has 3 rings (SSSR count). The van der Waals surface area contributed by atoms with E-state index >= 15 is 0 Å². The molecule has 2 aromatic carbocycles. The lowest BCUT2D eigenvalue weighted by molar-refractivity contribution is 0.603. The quantitative estimate of drug-likeness (QED) is 0.854. The van der Waals surface area contributed by atoms with Crippen molar-refractivity contribution in [2.45, 2.75) is 0 Å². The number of benzene rings is 2. The molecule has 1 heterocycles. The summed E-state index contributed by atoms with van der Waals surface area (Å²) in [5.41, 5.74) is 2.56. The fraction of sp³-hybridized carbons (Fsp3) is 0.125. The van der Waals surface area contributed by atoms with Gasteiger partial charge in [-0.3, -0.25) is 0 Å². The van der Waals surface area contributed by atoms with Gasteiger partial charge < -0.3 is 0 Å². The van der Waals surface area contributed by atoms with E-state index in [1.165, 1.54) is 0 Å². The molecule has 0 fully saturated rings. The van der Waals surface area contributed by atoms with E-state index in [1.54, 1.807) is 0 Å². The smallest absolute Gasteiger partial charge is 0.161 e. The number of hydrogen-bond donors (Lipinski definition) is 0. The summed E-state index contributed by atoms with van der Waals surface area (Å²) in [5.74, 6) is -0.173. The van der Waals surface area contributed by atoms with Crippen LogP contribution in [0.25, 0.3) is 0 Å². The Bertz CT molecular complexity index is 731. The van der Waals surface area contributed by atoms with Crippen molar-refractivity contribution in [1.82, 2.24) is 0 Å². The average Bonchev–Trinajstić information content (AvgIpc) is 2.67. The number of sulfone groups is 1. The molecule has 21 heavy (non-hydrogen) atoms. The second-order valence-electron chi connectivity index (χ2n) is 4.86. The largest absolute Gasteiger partial charge is 0.228 e. The van der Waals surface area contributed by atoms with Crippen molar-refractivity contribution in [3.8, 4) is 0 Å². The van der Waals surface area contributed by atoms with Crippen molar-refractivity contribution in [2.24, 2.45) is 10.2 Å². The van der Waals surface area contributed by atoms with Gasteiger partial charge in [-0.15, -0.1) is 0 Å². The van der Waals surface area contributed by atoms with Crippen LogP contribution in [0.3, 0.4) is 0 Å². The van der Waals surface area contributed by atoms with Crippen LogP contribution in [0.2, 0.25) is 0 Å². The van der Waals surface area contributed by atoms with Gasteiger partial charge in [0.15, 0.2) is 9.84 Å². The minimum Gasteiger partial charge on any atom is -0.228 e. The summed E-state index contributed by atoms with van der Waals surface area (Å²) >= 11 is 0. The molecular weight excluding hydrogens is 284 g/mol. The Morgan fingerprint density at radius 3 is 1.43 bits per heavy atom. The third-order valence-corrected chi connectivity index (χ3v) is 4.65. The molecule has 0 aromatic heterocycles. The molecule has 2 aromatic rings. The van der Waals surface area contributed by atoms with Gasteiger partial charge in [0.2, 0.25) is 0 Å². The van der Waals surface area contributed by atoms with E-state index in [0.717, 1.165) is 11.1 Å². The molecule has 0 saturated heterocycles. The van der Waals surface area contributed by atoms with Gasteiger partial charge in [0, 0.05) is 0 Å². The van der Waals surface area contributed by atoms with Gasteiger partial charge in [-0.2, -0.15) is 10.2 Å². The summed E-state index contributed by atoms with van der Waals surface area (Å²) in [4.78, 5) is 0. The summed E-state index contributed by atoms with van der Waals surface area (Å²) in [6.07, 6.45) is 0. The summed E-state index contributed by atoms with van der Waals surface area (Å²) in [5, 5.41) is 8.34. The van der Waals surface area contributed by atoms with Crippen LogP contribution in [0.4, 0.5) is 0 Å². The minimum absolute atomic E-state index is 0.0865. The summed E-state index contributed by atoms with van der Waals surface area (Å²) < 4.78 is 24.6. The maximum atomic E-state index is 12.3. The molecule has 0 bridgehead atoms. The van der Waals surface area contributed by atoms with E-state index in [1.807, 2.05) is 60.7 Å². The Morgan fingerprint density at radius 2 is 1.05 bits per heavy atom. The first kappa shape index (κ1) is 13.7. The van der Waals surface area contributed by atoms with Gasteiger partial charge in [0.25, 0.3) is 0 Å². The fourth-order valence-electron chi connectivity index (χ4n) is 2.19. The fourth-order valence-corrected chi connectivity index (χ4v) is 3.57. The molecule has 0 spiro atoms. The average molecular weight is 298 g/mol. The highest BCUT2D eigenvalue weighted by molar-refractivity contribution is 7.92. The Hall–Kier alpha value is -2.27. The standard InChI is InChI=1S/C16H14N2O2S/c19-21(20)11-15(13-7-3-1-4-8-13)17-18-16(12-21)14-9-5-2-6-10-14/h1-10H,11-12H2. The van der Waals surface area contributed by atoms with Crippen LogP contribution in [0, 0.1) is 0 Å². The van der Waals surface area contributed by atoms with Crippen molar-refractivity contribution < 1.29 is 8.42 Å². The Morgan fingerprint density at radius 1 is 0.667 bits per heavy atom. The third-order valence-electron chi connectivity index (χ3n) is 3.22. The highest BCUT2D eigenvalue weighted by Gasteiger charge is 2.23. The molecule has 106 valence electrons. The molecule has 0 radical (unpaired) electrons. The molecule has 5 heteroatoms. The van der Waals surface area contributed by atoms with Crippen molar-refractivity contribution >= 4 is 21.3 Å². The highest BCUT2D eigenvalue weighted by Crippen LogP contribution is 2.12. The van der Waals surface area contributed by atoms with Crippen molar-refractivity contribution in [2.75, 3.05) is 11.5 Å². The monoisotopic (exact) mass is 298 g/mol. The lowest BCUT2D eigenvalue weighted by Gasteiger charge is -2.04. The molecule has 0 N–H and O–H groups in total. The van der Waals surface area contributed by atoms with Gasteiger partial charge in [-0.05, 0) is 11.1 Å². The molecule has 0 saturated carbocycles. The van der Waals surface area contributed by atoms with E-state index < -0.39 is 9.84 Å². The third kappa shape index (κ3) is 3.25. The Labute approximate surface area is 123 Å². The lowest BCUT2D eigenvalue weighted by Crippen LogP contribution is -2.22. The number of hydrogen-bond acceptors (Lipinski definition) is 4. The van der Waals surface area contributed by atoms with Gasteiger partial charge in [0.1, 0.15) is 0 Å². The van der Waals surface area contributed by atoms with E-state index in [0.29, 0.717) is 11.4 Å². The van der Waals surface area contributed by atoms with Crippen LogP contribution in [0.5, 0.6) is 0 Å². The zero-order valence-electron chi connectivity index (χ0n) is 11.3. The Kier molecular flexibility index (Phi) is 3.66. The molecular formula is C16H14N2O2S. The highest BCUT2D eigenvalue weighted by atomic mass is 32.2. The second-order valence-corrected chi connectivity index (χ2v) is 6.92. The summed E-state index contributed by atoms with van der Waals surface area (Å²) in [7, 11) is -3.28. The van der Waals surface area contributed by atoms with Crippen LogP contribution < -0.4 is 0 Å². The van der Waals surface area contributed by atoms with Gasteiger partial charge >= 0.3 is 0 Å². The molecule has 0 atom stereocenters. The molecule has 0 aliphatic carbocycles. The maximum Gasteiger partial charge on any atom is 0.161 e. The first-order chi connectivity index (χ1) is 10.1. The van der Waals surface area contributed by atoms with Crippen LogP contribution in [0.15, 0.2) is 70.9 Å². The van der Waals surface area contributed by atoms with Crippen LogP contribution >= 0.6 is 0 Å². The number of rotatable bonds is 2. The first-order valence-corrected chi connectivity index (χ1v) is 8.41. The predicted molar refractivity (Wildman–Crippen MR) is 84.6 cm³/mol. The van der Waals surface area contributed by atoms with E-state index in [9.17, 15) is 8.42 Å². The van der Waals surface area contributed by atoms with Gasteiger partial charge in [-0.1, -0.05) is 60.7 Å². The normalized spacial score (nSPS) is 17.5. The van der Waals surface area contributed by atoms with Gasteiger partial charge in [0.05, 0.1) is 22.9 Å². The zero-order chi connectivity index (χ0) is 14.7. The zero-order valence-corrected chi connectivity index (χ0v) is 12.1. The maximum absolute atomic E-state index is 12.3. The molecule has 1 aliphatic heterocycles. The molecule has 0 unspecified atom stereocenters. The van der Waals surface area contributed by atoms with Crippen molar-refractivity contribution in [1.29, 1.82) is 0 Å². The van der Waals surface area contributed by atoms with Crippen molar-refractivity contribution in [3.63, 3.8) is 0 Å². The van der Waals surface area contributed by atoms with E-state index in [2.05, 4.69) is 10.2 Å². The number of nitrogens with zero attached hydrogens (tertiary/aromatic N) is 2. The SMILES string of the molecule is O=S1(=O)CC(c2ccccc2)=NN=C(c2ccccc2)C1. The molecule has 0 amide bonds. The van der Waals surface area contributed by atoms with Crippen LogP contribution in [-0.2, 0) is 9.84 Å². The Balaban J connectivity index is 2.05. The minimum atomic E-state index is -3.28. The van der Waals surface area contributed by atoms with Crippen LogP contribution in [0.1, 0.15) is 11.1 Å². The molecule has 4 nitrogen and oxygen atoms in total. The topological polar surface area (TPSA) is 58.9 Å². The van der Waals surface area contributed by atoms with Crippen LogP contribution in [-0.4, -0.2) is 31.3 Å². The second kappa shape index (κ2) is 5.61. The van der Waals surface area contributed by atoms with E-state index in [-0.39, 0.29) is 11.5 Å². The first-order valence-electron chi connectivity index (χ1n) is 6.59.